The van der Waals surface area contributed by atoms with E-state index >= 15 is 0 Å². The van der Waals surface area contributed by atoms with Crippen LogP contribution < -0.4 is 10.2 Å². The number of ether oxygens (including phenoxy) is 2. The Balaban J connectivity index is 1.70. The number of carbonyl (C=O) groups is 2. The van der Waals surface area contributed by atoms with Crippen LogP contribution in [-0.4, -0.2) is 45.6 Å². The van der Waals surface area contributed by atoms with E-state index in [0.29, 0.717) is 22.2 Å². The van der Waals surface area contributed by atoms with Gasteiger partial charge in [0.15, 0.2) is 10.2 Å². The van der Waals surface area contributed by atoms with Gasteiger partial charge >= 0.3 is 5.97 Å². The highest BCUT2D eigenvalue weighted by molar-refractivity contribution is 8.29. The van der Waals surface area contributed by atoms with E-state index in [1.165, 1.54) is 23.1 Å². The Morgan fingerprint density at radius 3 is 2.67 bits per heavy atom. The maximum absolute atomic E-state index is 13.5. The molecule has 1 fully saturated rings. The lowest BCUT2D eigenvalue weighted by Gasteiger charge is -2.32. The highest BCUT2D eigenvalue weighted by atomic mass is 35.5. The van der Waals surface area contributed by atoms with Crippen molar-refractivity contribution in [1.82, 2.24) is 4.90 Å². The van der Waals surface area contributed by atoms with E-state index in [9.17, 15) is 19.7 Å². The molecule has 1 saturated heterocycles. The molecule has 186 valence electrons. The van der Waals surface area contributed by atoms with Crippen LogP contribution in [-0.2, 0) is 14.3 Å². The Morgan fingerprint density at radius 2 is 2.03 bits per heavy atom. The number of amides is 1. The molecule has 2 aromatic rings. The van der Waals surface area contributed by atoms with Gasteiger partial charge in [0, 0.05) is 6.07 Å². The summed E-state index contributed by atoms with van der Waals surface area (Å²) in [6, 6.07) is 10.3. The summed E-state index contributed by atoms with van der Waals surface area (Å²) in [4.78, 5) is 42.7. The number of aliphatic imine (C=N–C) groups is 1. The maximum atomic E-state index is 13.5. The number of nitrogens with zero attached hydrogens (tertiary/aromatic N) is 4. The van der Waals surface area contributed by atoms with Gasteiger partial charge in [-0.2, -0.15) is 5.10 Å². The van der Waals surface area contributed by atoms with Crippen molar-refractivity contribution in [2.45, 2.75) is 19.9 Å². The molecule has 4 rings (SSSR count). The number of thioether (sulfide) groups is 1. The van der Waals surface area contributed by atoms with E-state index in [0.717, 1.165) is 11.8 Å². The van der Waals surface area contributed by atoms with E-state index in [1.54, 1.807) is 45.2 Å². The Kier molecular flexibility index (Phi) is 7.27. The molecule has 1 amide bonds. The predicted octanol–water partition coefficient (Wildman–Crippen LogP) is 4.51. The molecule has 0 bridgehead atoms. The number of anilines is 1. The molecule has 1 N–H and O–H groups in total. The standard InChI is InChI=1S/C23H20ClN5O6S/c1-4-35-22(31)18-12(2)25-23-28(19(18)13-5-8-15(34-3)9-6-13)21(30)20(36-23)27-26-14-7-10-16(24)17(11-14)29(32)33/h5-11,19,26H,4H2,1-3H3/b27-20-. The van der Waals surface area contributed by atoms with E-state index in [-0.39, 0.29) is 33.6 Å². The maximum Gasteiger partial charge on any atom is 0.338 e. The normalized spacial score (nSPS) is 18.2. The lowest BCUT2D eigenvalue weighted by molar-refractivity contribution is -0.384. The third-order valence-electron chi connectivity index (χ3n) is 5.34. The molecular formula is C23H20ClN5O6S. The van der Waals surface area contributed by atoms with Gasteiger partial charge in [-0.1, -0.05) is 23.7 Å². The number of nitro benzene ring substituents is 1. The minimum Gasteiger partial charge on any atom is -0.497 e. The number of halogens is 1. The number of nitrogens with one attached hydrogen (secondary N) is 1. The monoisotopic (exact) mass is 529 g/mol. The molecule has 0 aromatic heterocycles. The third kappa shape index (κ3) is 4.77. The number of hydrogen-bond donors (Lipinski definition) is 1. The topological polar surface area (TPSA) is 136 Å². The zero-order valence-corrected chi connectivity index (χ0v) is 20.9. The van der Waals surface area contributed by atoms with Crippen molar-refractivity contribution in [2.75, 3.05) is 19.1 Å². The largest absolute Gasteiger partial charge is 0.497 e. The second kappa shape index (κ2) is 10.4. The Labute approximate surface area is 215 Å². The summed E-state index contributed by atoms with van der Waals surface area (Å²) in [5.74, 6) is -0.453. The minimum atomic E-state index is -0.799. The van der Waals surface area contributed by atoms with Crippen LogP contribution in [0.1, 0.15) is 25.5 Å². The minimum absolute atomic E-state index is 0.0219. The van der Waals surface area contributed by atoms with E-state index < -0.39 is 22.8 Å². The van der Waals surface area contributed by atoms with E-state index in [2.05, 4.69) is 15.5 Å². The van der Waals surface area contributed by atoms with Gasteiger partial charge in [-0.3, -0.25) is 25.2 Å². The van der Waals surface area contributed by atoms with Crippen LogP contribution in [0.4, 0.5) is 11.4 Å². The fraction of sp³-hybridized carbons (Fsp3) is 0.217. The molecule has 1 unspecified atom stereocenters. The average Bonchev–Trinajstić information content (AvgIpc) is 3.17. The second-order valence-electron chi connectivity index (χ2n) is 7.52. The first kappa shape index (κ1) is 25.2. The Bertz CT molecular complexity index is 1340. The zero-order chi connectivity index (χ0) is 26.0. The third-order valence-corrected chi connectivity index (χ3v) is 6.59. The van der Waals surface area contributed by atoms with Gasteiger partial charge in [-0.05, 0) is 55.4 Å². The molecule has 0 saturated carbocycles. The molecule has 0 radical (unpaired) electrons. The molecule has 2 heterocycles. The summed E-state index contributed by atoms with van der Waals surface area (Å²) in [6.07, 6.45) is 0. The first-order chi connectivity index (χ1) is 17.2. The first-order valence-electron chi connectivity index (χ1n) is 10.6. The highest BCUT2D eigenvalue weighted by Crippen LogP contribution is 2.42. The summed E-state index contributed by atoms with van der Waals surface area (Å²) < 4.78 is 10.5. The number of hydrogen-bond acceptors (Lipinski definition) is 10. The quantitative estimate of drug-likeness (QED) is 0.314. The molecule has 2 aliphatic rings. The fourth-order valence-electron chi connectivity index (χ4n) is 3.68. The molecule has 0 aliphatic carbocycles. The number of methoxy groups -OCH3 is 1. The summed E-state index contributed by atoms with van der Waals surface area (Å²) >= 11 is 6.87. The van der Waals surface area contributed by atoms with Crippen molar-refractivity contribution in [1.29, 1.82) is 0 Å². The van der Waals surface area contributed by atoms with Gasteiger partial charge in [0.2, 0.25) is 0 Å². The van der Waals surface area contributed by atoms with Crippen LogP contribution in [0.3, 0.4) is 0 Å². The van der Waals surface area contributed by atoms with E-state index in [4.69, 9.17) is 21.1 Å². The summed E-state index contributed by atoms with van der Waals surface area (Å²) in [5, 5.41) is 15.7. The lowest BCUT2D eigenvalue weighted by Crippen LogP contribution is -2.40. The molecule has 2 aromatic carbocycles. The molecule has 13 heteroatoms. The van der Waals surface area contributed by atoms with Crippen molar-refractivity contribution < 1.29 is 24.0 Å². The van der Waals surface area contributed by atoms with Gasteiger partial charge in [-0.25, -0.2) is 9.79 Å². The number of nitro groups is 1. The smallest absolute Gasteiger partial charge is 0.338 e. The van der Waals surface area contributed by atoms with Gasteiger partial charge in [0.05, 0.1) is 41.6 Å². The second-order valence-corrected chi connectivity index (χ2v) is 8.88. The summed E-state index contributed by atoms with van der Waals surface area (Å²) in [7, 11) is 1.54. The average molecular weight is 530 g/mol. The number of allylic oxidation sites excluding steroid dienone is 1. The molecular weight excluding hydrogens is 510 g/mol. The van der Waals surface area contributed by atoms with Gasteiger partial charge in [0.1, 0.15) is 10.8 Å². The number of rotatable bonds is 7. The number of fused-ring (bicyclic) bond motifs is 1. The number of benzene rings is 2. The van der Waals surface area contributed by atoms with Crippen molar-refractivity contribution in [3.63, 3.8) is 0 Å². The van der Waals surface area contributed by atoms with Gasteiger partial charge in [0.25, 0.3) is 11.6 Å². The van der Waals surface area contributed by atoms with Crippen molar-refractivity contribution in [2.24, 2.45) is 10.1 Å². The number of amidine groups is 1. The first-order valence-corrected chi connectivity index (χ1v) is 11.8. The Morgan fingerprint density at radius 1 is 1.31 bits per heavy atom. The van der Waals surface area contributed by atoms with Crippen molar-refractivity contribution in [3.05, 3.63) is 74.4 Å². The van der Waals surface area contributed by atoms with Crippen LogP contribution in [0, 0.1) is 10.1 Å². The molecule has 0 spiro atoms. The Hall–Kier alpha value is -3.90. The lowest BCUT2D eigenvalue weighted by atomic mass is 9.94. The predicted molar refractivity (Wildman–Crippen MR) is 136 cm³/mol. The van der Waals surface area contributed by atoms with Gasteiger partial charge < -0.3 is 9.47 Å². The van der Waals surface area contributed by atoms with Crippen LogP contribution >= 0.6 is 23.4 Å². The molecule has 36 heavy (non-hydrogen) atoms. The summed E-state index contributed by atoms with van der Waals surface area (Å²) in [5.41, 5.74) is 3.95. The highest BCUT2D eigenvalue weighted by Gasteiger charge is 2.46. The van der Waals surface area contributed by atoms with Crippen LogP contribution in [0.25, 0.3) is 0 Å². The van der Waals surface area contributed by atoms with Crippen LogP contribution in [0.5, 0.6) is 5.75 Å². The van der Waals surface area contributed by atoms with Crippen molar-refractivity contribution in [3.8, 4) is 5.75 Å². The summed E-state index contributed by atoms with van der Waals surface area (Å²) in [6.45, 7) is 3.54. The number of esters is 1. The van der Waals surface area contributed by atoms with Gasteiger partial charge in [-0.15, -0.1) is 0 Å². The molecule has 1 atom stereocenters. The van der Waals surface area contributed by atoms with Crippen molar-refractivity contribution >= 4 is 56.8 Å². The SMILES string of the molecule is CCOC(=O)C1=C(C)N=C2S/C(=N\Nc3ccc(Cl)c([N+](=O)[O-])c3)C(=O)N2C1c1ccc(OC)cc1. The fourth-order valence-corrected chi connectivity index (χ4v) is 4.79. The zero-order valence-electron chi connectivity index (χ0n) is 19.4. The number of carbonyl (C=O) groups excluding carboxylic acids is 2. The number of hydrazone groups is 1. The molecule has 11 nitrogen and oxygen atoms in total. The van der Waals surface area contributed by atoms with Crippen LogP contribution in [0.2, 0.25) is 5.02 Å². The molecule has 2 aliphatic heterocycles. The van der Waals surface area contributed by atoms with E-state index in [1.807, 2.05) is 0 Å². The van der Waals surface area contributed by atoms with Crippen LogP contribution in [0.15, 0.2) is 63.8 Å².